The highest BCUT2D eigenvalue weighted by Crippen LogP contribution is 2.36. The first-order valence-corrected chi connectivity index (χ1v) is 5.67. The van der Waals surface area contributed by atoms with Crippen LogP contribution in [0.25, 0.3) is 0 Å². The van der Waals surface area contributed by atoms with Gasteiger partial charge in [0.25, 0.3) is 0 Å². The minimum atomic E-state index is -0.640. The predicted octanol–water partition coefficient (Wildman–Crippen LogP) is 1.74. The Balaban J connectivity index is 1.98. The number of benzene rings is 1. The third kappa shape index (κ3) is 1.67. The zero-order valence-electron chi connectivity index (χ0n) is 9.25. The Bertz CT molecular complexity index is 470. The zero-order chi connectivity index (χ0) is 11.9. The molecule has 0 unspecified atom stereocenters. The molecular formula is C12H13FN2O2. The highest BCUT2D eigenvalue weighted by atomic mass is 19.1. The van der Waals surface area contributed by atoms with Gasteiger partial charge in [-0.15, -0.1) is 0 Å². The van der Waals surface area contributed by atoms with E-state index < -0.39 is 5.54 Å². The number of hydrogen-bond donors (Lipinski definition) is 2. The van der Waals surface area contributed by atoms with Crippen molar-refractivity contribution < 1.29 is 13.9 Å². The van der Waals surface area contributed by atoms with E-state index in [1.807, 2.05) is 0 Å². The Morgan fingerprint density at radius 1 is 1.24 bits per heavy atom. The van der Waals surface area contributed by atoms with Gasteiger partial charge in [-0.2, -0.15) is 0 Å². The van der Waals surface area contributed by atoms with Crippen molar-refractivity contribution in [3.63, 3.8) is 0 Å². The summed E-state index contributed by atoms with van der Waals surface area (Å²) in [7, 11) is 0. The van der Waals surface area contributed by atoms with E-state index in [9.17, 15) is 9.18 Å². The van der Waals surface area contributed by atoms with Gasteiger partial charge >= 0.3 is 0 Å². The molecule has 0 bridgehead atoms. The summed E-state index contributed by atoms with van der Waals surface area (Å²) in [5.74, 6) is -0.366. The quantitative estimate of drug-likeness (QED) is 0.721. The van der Waals surface area contributed by atoms with Crippen molar-refractivity contribution in [2.75, 3.05) is 23.8 Å². The van der Waals surface area contributed by atoms with Crippen molar-refractivity contribution in [2.45, 2.75) is 18.4 Å². The molecule has 1 aromatic rings. The molecule has 5 heteroatoms. The van der Waals surface area contributed by atoms with Crippen LogP contribution >= 0.6 is 0 Å². The van der Waals surface area contributed by atoms with Crippen LogP contribution in [0.1, 0.15) is 12.8 Å². The van der Waals surface area contributed by atoms with E-state index >= 15 is 0 Å². The lowest BCUT2D eigenvalue weighted by Crippen LogP contribution is -2.55. The Hall–Kier alpha value is -1.62. The largest absolute Gasteiger partial charge is 0.381 e. The van der Waals surface area contributed by atoms with Crippen molar-refractivity contribution >= 4 is 17.3 Å². The third-order valence-corrected chi connectivity index (χ3v) is 3.38. The smallest absolute Gasteiger partial charge is 0.250 e. The highest BCUT2D eigenvalue weighted by molar-refractivity contribution is 6.06. The molecule has 0 saturated carbocycles. The van der Waals surface area contributed by atoms with E-state index in [-0.39, 0.29) is 11.7 Å². The first-order valence-electron chi connectivity index (χ1n) is 5.67. The van der Waals surface area contributed by atoms with E-state index in [1.165, 1.54) is 12.1 Å². The van der Waals surface area contributed by atoms with Crippen LogP contribution in [0, 0.1) is 5.82 Å². The second-order valence-corrected chi connectivity index (χ2v) is 4.46. The maximum Gasteiger partial charge on any atom is 0.250 e. The summed E-state index contributed by atoms with van der Waals surface area (Å²) < 4.78 is 18.4. The summed E-state index contributed by atoms with van der Waals surface area (Å²) >= 11 is 0. The van der Waals surface area contributed by atoms with Crippen molar-refractivity contribution in [1.29, 1.82) is 0 Å². The molecule has 0 radical (unpaired) electrons. The molecule has 1 amide bonds. The van der Waals surface area contributed by atoms with Gasteiger partial charge in [-0.05, 0) is 18.2 Å². The summed E-state index contributed by atoms with van der Waals surface area (Å²) in [6.07, 6.45) is 1.21. The maximum atomic E-state index is 13.2. The number of carbonyl (C=O) groups excluding carboxylic acids is 1. The fourth-order valence-electron chi connectivity index (χ4n) is 2.36. The second-order valence-electron chi connectivity index (χ2n) is 4.46. The van der Waals surface area contributed by atoms with Crippen LogP contribution in [-0.2, 0) is 9.53 Å². The van der Waals surface area contributed by atoms with Crippen LogP contribution in [0.2, 0.25) is 0 Å². The number of amides is 1. The van der Waals surface area contributed by atoms with Crippen molar-refractivity contribution in [3.8, 4) is 0 Å². The van der Waals surface area contributed by atoms with Crippen LogP contribution in [0.15, 0.2) is 18.2 Å². The fraction of sp³-hybridized carbons (Fsp3) is 0.417. The summed E-state index contributed by atoms with van der Waals surface area (Å²) in [6.45, 7) is 1.09. The van der Waals surface area contributed by atoms with E-state index in [2.05, 4.69) is 10.6 Å². The number of hydrogen-bond acceptors (Lipinski definition) is 3. The molecule has 2 heterocycles. The number of rotatable bonds is 0. The molecule has 0 aromatic heterocycles. The Morgan fingerprint density at radius 3 is 2.76 bits per heavy atom. The van der Waals surface area contributed by atoms with E-state index in [4.69, 9.17) is 4.74 Å². The van der Waals surface area contributed by atoms with Crippen molar-refractivity contribution in [2.24, 2.45) is 0 Å². The van der Waals surface area contributed by atoms with Crippen LogP contribution in [-0.4, -0.2) is 24.7 Å². The molecule has 17 heavy (non-hydrogen) atoms. The lowest BCUT2D eigenvalue weighted by molar-refractivity contribution is -0.123. The third-order valence-electron chi connectivity index (χ3n) is 3.38. The summed E-state index contributed by atoms with van der Waals surface area (Å²) in [5.41, 5.74) is 0.638. The number of carbonyl (C=O) groups is 1. The second kappa shape index (κ2) is 3.70. The first-order chi connectivity index (χ1) is 8.20. The number of fused-ring (bicyclic) bond motifs is 1. The molecule has 3 rings (SSSR count). The first kappa shape index (κ1) is 10.5. The maximum absolute atomic E-state index is 13.2. The number of nitrogens with one attached hydrogen (secondary N) is 2. The van der Waals surface area contributed by atoms with Crippen LogP contribution in [0.3, 0.4) is 0 Å². The zero-order valence-corrected chi connectivity index (χ0v) is 9.25. The normalized spacial score (nSPS) is 21.6. The summed E-state index contributed by atoms with van der Waals surface area (Å²) in [5, 5.41) is 5.99. The average Bonchev–Trinajstić information content (AvgIpc) is 2.32. The Morgan fingerprint density at radius 2 is 2.00 bits per heavy atom. The topological polar surface area (TPSA) is 50.4 Å². The van der Waals surface area contributed by atoms with Crippen LogP contribution in [0.5, 0.6) is 0 Å². The number of ether oxygens (including phenoxy) is 1. The monoisotopic (exact) mass is 236 g/mol. The fourth-order valence-corrected chi connectivity index (χ4v) is 2.36. The van der Waals surface area contributed by atoms with Gasteiger partial charge in [0.2, 0.25) is 5.91 Å². The molecular weight excluding hydrogens is 223 g/mol. The summed E-state index contributed by atoms with van der Waals surface area (Å²) in [4.78, 5) is 12.1. The molecule has 1 saturated heterocycles. The van der Waals surface area contributed by atoms with Crippen LogP contribution < -0.4 is 10.6 Å². The van der Waals surface area contributed by atoms with Gasteiger partial charge in [0, 0.05) is 26.1 Å². The van der Waals surface area contributed by atoms with Crippen molar-refractivity contribution in [3.05, 3.63) is 24.0 Å². The molecule has 4 nitrogen and oxygen atoms in total. The van der Waals surface area contributed by atoms with E-state index in [1.54, 1.807) is 6.07 Å². The lowest BCUT2D eigenvalue weighted by atomic mass is 9.86. The molecule has 0 aliphatic carbocycles. The summed E-state index contributed by atoms with van der Waals surface area (Å²) in [6, 6.07) is 4.32. The molecule has 2 aliphatic heterocycles. The Labute approximate surface area is 98.1 Å². The average molecular weight is 236 g/mol. The van der Waals surface area contributed by atoms with Gasteiger partial charge in [0.1, 0.15) is 11.4 Å². The molecule has 90 valence electrons. The molecule has 1 aromatic carbocycles. The predicted molar refractivity (Wildman–Crippen MR) is 61.4 cm³/mol. The molecule has 2 aliphatic rings. The van der Waals surface area contributed by atoms with Crippen molar-refractivity contribution in [1.82, 2.24) is 0 Å². The molecule has 0 atom stereocenters. The van der Waals surface area contributed by atoms with Gasteiger partial charge in [-0.3, -0.25) is 4.79 Å². The molecule has 1 fully saturated rings. The lowest BCUT2D eigenvalue weighted by Gasteiger charge is -2.41. The minimum Gasteiger partial charge on any atom is -0.381 e. The van der Waals surface area contributed by atoms with Gasteiger partial charge in [-0.25, -0.2) is 4.39 Å². The molecule has 1 spiro atoms. The van der Waals surface area contributed by atoms with Gasteiger partial charge in [0.15, 0.2) is 0 Å². The minimum absolute atomic E-state index is 0.0556. The van der Waals surface area contributed by atoms with Gasteiger partial charge < -0.3 is 15.4 Å². The van der Waals surface area contributed by atoms with E-state index in [0.717, 1.165) is 0 Å². The standard InChI is InChI=1S/C12H13FN2O2/c13-8-1-2-9-10(7-8)15-12(11(16)14-9)3-5-17-6-4-12/h1-2,7,15H,3-6H2,(H,14,16). The van der Waals surface area contributed by atoms with Gasteiger partial charge in [-0.1, -0.05) is 0 Å². The van der Waals surface area contributed by atoms with E-state index in [0.29, 0.717) is 37.4 Å². The Kier molecular flexibility index (Phi) is 2.29. The van der Waals surface area contributed by atoms with Crippen LogP contribution in [0.4, 0.5) is 15.8 Å². The number of halogens is 1. The molecule has 2 N–H and O–H groups in total. The van der Waals surface area contributed by atoms with Gasteiger partial charge in [0.05, 0.1) is 11.4 Å². The SMILES string of the molecule is O=C1Nc2ccc(F)cc2NC12CCOCC2. The number of anilines is 2. The highest BCUT2D eigenvalue weighted by Gasteiger charge is 2.43.